The van der Waals surface area contributed by atoms with Crippen molar-refractivity contribution >= 4 is 29.2 Å². The number of carbonyl (C=O) groups excluding carboxylic acids is 2. The van der Waals surface area contributed by atoms with Crippen molar-refractivity contribution in [3.63, 3.8) is 0 Å². The van der Waals surface area contributed by atoms with Crippen LogP contribution < -0.4 is 10.1 Å². The van der Waals surface area contributed by atoms with E-state index in [0.717, 1.165) is 23.3 Å². The van der Waals surface area contributed by atoms with Gasteiger partial charge < -0.3 is 14.8 Å². The predicted octanol–water partition coefficient (Wildman–Crippen LogP) is 3.80. The number of benzene rings is 2. The van der Waals surface area contributed by atoms with Crippen molar-refractivity contribution in [2.24, 2.45) is 0 Å². The molecule has 5 nitrogen and oxygen atoms in total. The van der Waals surface area contributed by atoms with E-state index in [0.29, 0.717) is 10.8 Å². The Kier molecular flexibility index (Phi) is 6.52. The van der Waals surface area contributed by atoms with Gasteiger partial charge in [0.15, 0.2) is 13.2 Å². The van der Waals surface area contributed by atoms with Crippen LogP contribution in [0.4, 0.5) is 14.5 Å². The van der Waals surface area contributed by atoms with Gasteiger partial charge in [0.1, 0.15) is 23.1 Å². The number of amides is 1. The number of rotatable bonds is 6. The van der Waals surface area contributed by atoms with Crippen molar-refractivity contribution in [1.82, 2.24) is 0 Å². The van der Waals surface area contributed by atoms with E-state index in [2.05, 4.69) is 0 Å². The predicted molar refractivity (Wildman–Crippen MR) is 92.4 cm³/mol. The van der Waals surface area contributed by atoms with Gasteiger partial charge in [0, 0.05) is 5.02 Å². The van der Waals surface area contributed by atoms with E-state index in [1.165, 1.54) is 6.07 Å². The summed E-state index contributed by atoms with van der Waals surface area (Å²) in [6, 6.07) is 6.53. The van der Waals surface area contributed by atoms with E-state index in [9.17, 15) is 18.4 Å². The molecule has 0 aliphatic rings. The number of aryl methyl sites for hydroxylation is 2. The zero-order chi connectivity index (χ0) is 19.3. The summed E-state index contributed by atoms with van der Waals surface area (Å²) >= 11 is 5.91. The summed E-state index contributed by atoms with van der Waals surface area (Å²) in [6.45, 7) is 2.42. The number of ether oxygens (including phenoxy) is 2. The highest BCUT2D eigenvalue weighted by Crippen LogP contribution is 2.27. The molecular weight excluding hydrogens is 368 g/mol. The van der Waals surface area contributed by atoms with E-state index in [1.807, 2.05) is 5.32 Å². The lowest BCUT2D eigenvalue weighted by Crippen LogP contribution is -2.24. The molecule has 2 aromatic carbocycles. The van der Waals surface area contributed by atoms with Gasteiger partial charge in [0.2, 0.25) is 0 Å². The second-order valence-electron chi connectivity index (χ2n) is 5.46. The molecule has 0 heterocycles. The fourth-order valence-electron chi connectivity index (χ4n) is 2.24. The van der Waals surface area contributed by atoms with Gasteiger partial charge in [0.05, 0.1) is 0 Å². The van der Waals surface area contributed by atoms with Gasteiger partial charge in [-0.2, -0.15) is 0 Å². The molecule has 0 bridgehead atoms. The maximum atomic E-state index is 13.4. The van der Waals surface area contributed by atoms with Crippen molar-refractivity contribution in [2.45, 2.75) is 13.8 Å². The first-order valence-corrected chi connectivity index (χ1v) is 7.94. The zero-order valence-electron chi connectivity index (χ0n) is 14.1. The SMILES string of the molecule is Cc1cc(Cl)cc(C)c1OCC(=O)OCC(=O)Nc1c(F)cccc1F. The fraction of sp³-hybridized carbons (Fsp3) is 0.222. The molecule has 1 N–H and O–H groups in total. The third-order valence-corrected chi connectivity index (χ3v) is 3.57. The summed E-state index contributed by atoms with van der Waals surface area (Å²) in [5, 5.41) is 2.56. The second-order valence-corrected chi connectivity index (χ2v) is 5.90. The molecule has 8 heteroatoms. The molecule has 0 aromatic heterocycles. The monoisotopic (exact) mass is 383 g/mol. The smallest absolute Gasteiger partial charge is 0.344 e. The van der Waals surface area contributed by atoms with Crippen LogP contribution in [0.5, 0.6) is 5.75 Å². The van der Waals surface area contributed by atoms with Crippen LogP contribution >= 0.6 is 11.6 Å². The van der Waals surface area contributed by atoms with Crippen molar-refractivity contribution < 1.29 is 27.8 Å². The van der Waals surface area contributed by atoms with Crippen molar-refractivity contribution in [3.8, 4) is 5.75 Å². The third-order valence-electron chi connectivity index (χ3n) is 3.35. The number of hydrogen-bond donors (Lipinski definition) is 1. The van der Waals surface area contributed by atoms with Gasteiger partial charge in [-0.3, -0.25) is 4.79 Å². The van der Waals surface area contributed by atoms with E-state index in [4.69, 9.17) is 21.1 Å². The summed E-state index contributed by atoms with van der Waals surface area (Å²) in [5.41, 5.74) is 0.892. The number of esters is 1. The molecule has 0 radical (unpaired) electrons. The highest BCUT2D eigenvalue weighted by molar-refractivity contribution is 6.30. The van der Waals surface area contributed by atoms with Crippen LogP contribution in [0.3, 0.4) is 0 Å². The lowest BCUT2D eigenvalue weighted by Gasteiger charge is -2.12. The Labute approximate surface area is 153 Å². The second kappa shape index (κ2) is 8.62. The van der Waals surface area contributed by atoms with E-state index in [1.54, 1.807) is 26.0 Å². The van der Waals surface area contributed by atoms with E-state index >= 15 is 0 Å². The summed E-state index contributed by atoms with van der Waals surface area (Å²) in [7, 11) is 0. The van der Waals surface area contributed by atoms with Crippen molar-refractivity contribution in [3.05, 3.63) is 58.1 Å². The summed E-state index contributed by atoms with van der Waals surface area (Å²) < 4.78 is 37.0. The average Bonchev–Trinajstić information content (AvgIpc) is 2.55. The van der Waals surface area contributed by atoms with Gasteiger partial charge in [0.25, 0.3) is 5.91 Å². The quantitative estimate of drug-likeness (QED) is 0.771. The fourth-order valence-corrected chi connectivity index (χ4v) is 2.56. The van der Waals surface area contributed by atoms with Crippen LogP contribution in [-0.4, -0.2) is 25.1 Å². The number of carbonyl (C=O) groups is 2. The molecular formula is C18H16ClF2NO4. The standard InChI is InChI=1S/C18H16ClF2NO4/c1-10-6-12(19)7-11(2)18(10)26-9-16(24)25-8-15(23)22-17-13(20)4-3-5-14(17)21/h3-7H,8-9H2,1-2H3,(H,22,23). The highest BCUT2D eigenvalue weighted by Gasteiger charge is 2.14. The Morgan fingerprint density at radius 3 is 2.23 bits per heavy atom. The molecule has 0 atom stereocenters. The first-order valence-electron chi connectivity index (χ1n) is 7.57. The van der Waals surface area contributed by atoms with E-state index in [-0.39, 0.29) is 0 Å². The van der Waals surface area contributed by atoms with Crippen LogP contribution in [0.25, 0.3) is 0 Å². The molecule has 0 aliphatic heterocycles. The molecule has 138 valence electrons. The number of anilines is 1. The molecule has 2 aromatic rings. The lowest BCUT2D eigenvalue weighted by molar-refractivity contribution is -0.149. The first-order chi connectivity index (χ1) is 12.3. The van der Waals surface area contributed by atoms with Gasteiger partial charge in [-0.05, 0) is 49.2 Å². The Morgan fingerprint density at radius 2 is 1.65 bits per heavy atom. The van der Waals surface area contributed by atoms with Crippen molar-refractivity contribution in [2.75, 3.05) is 18.5 Å². The third kappa shape index (κ3) is 5.16. The molecule has 0 spiro atoms. The van der Waals surface area contributed by atoms with Gasteiger partial charge in [-0.15, -0.1) is 0 Å². The topological polar surface area (TPSA) is 64.6 Å². The largest absolute Gasteiger partial charge is 0.481 e. The molecule has 0 saturated carbocycles. The minimum atomic E-state index is -0.929. The first kappa shape index (κ1) is 19.7. The Balaban J connectivity index is 1.85. The average molecular weight is 384 g/mol. The maximum absolute atomic E-state index is 13.4. The Hall–Kier alpha value is -2.67. The molecule has 26 heavy (non-hydrogen) atoms. The Bertz CT molecular complexity index is 799. The van der Waals surface area contributed by atoms with Crippen molar-refractivity contribution in [1.29, 1.82) is 0 Å². The number of para-hydroxylation sites is 1. The van der Waals surface area contributed by atoms with E-state index < -0.39 is 42.4 Å². The lowest BCUT2D eigenvalue weighted by atomic mass is 10.1. The molecule has 0 aliphatic carbocycles. The number of nitrogens with one attached hydrogen (secondary N) is 1. The minimum absolute atomic E-state index is 0.426. The minimum Gasteiger partial charge on any atom is -0.481 e. The summed E-state index contributed by atoms with van der Waals surface area (Å²) in [5.74, 6) is -3.04. The van der Waals surface area contributed by atoms with Crippen LogP contribution in [0.1, 0.15) is 11.1 Å². The Morgan fingerprint density at radius 1 is 1.08 bits per heavy atom. The van der Waals surface area contributed by atoms with Crippen LogP contribution in [0.15, 0.2) is 30.3 Å². The molecule has 0 saturated heterocycles. The molecule has 1 amide bonds. The summed E-state index contributed by atoms with van der Waals surface area (Å²) in [6.07, 6.45) is 0. The highest BCUT2D eigenvalue weighted by atomic mass is 35.5. The van der Waals surface area contributed by atoms with Gasteiger partial charge in [-0.1, -0.05) is 17.7 Å². The van der Waals surface area contributed by atoms with Gasteiger partial charge in [-0.25, -0.2) is 13.6 Å². The van der Waals surface area contributed by atoms with Gasteiger partial charge >= 0.3 is 5.97 Å². The van der Waals surface area contributed by atoms with Crippen LogP contribution in [0, 0.1) is 25.5 Å². The summed E-state index contributed by atoms with van der Waals surface area (Å²) in [4.78, 5) is 23.4. The van der Waals surface area contributed by atoms with Crippen LogP contribution in [-0.2, 0) is 14.3 Å². The zero-order valence-corrected chi connectivity index (χ0v) is 14.8. The molecule has 0 fully saturated rings. The van der Waals surface area contributed by atoms with Crippen LogP contribution in [0.2, 0.25) is 5.02 Å². The normalized spacial score (nSPS) is 10.3. The number of hydrogen-bond acceptors (Lipinski definition) is 4. The number of halogens is 3. The molecule has 0 unspecified atom stereocenters. The molecule has 2 rings (SSSR count). The maximum Gasteiger partial charge on any atom is 0.344 e.